The van der Waals surface area contributed by atoms with Gasteiger partial charge in [0.05, 0.1) is 6.61 Å². The van der Waals surface area contributed by atoms with Crippen LogP contribution in [0.3, 0.4) is 0 Å². The molecule has 0 aromatic heterocycles. The maximum absolute atomic E-state index is 14.3. The first kappa shape index (κ1) is 12.7. The predicted molar refractivity (Wildman–Crippen MR) is 58.5 cm³/mol. The number of hydrogen-bond donors (Lipinski definition) is 0. The topological polar surface area (TPSA) is 46.2 Å². The monoisotopic (exact) mass is 262 g/mol. The van der Waals surface area contributed by atoms with Crippen molar-refractivity contribution in [2.45, 2.75) is 70.0 Å². The van der Waals surface area contributed by atoms with Gasteiger partial charge in [0.25, 0.3) is 0 Å². The van der Waals surface area contributed by atoms with Crippen LogP contribution >= 0.6 is 0 Å². The molecule has 0 bridgehead atoms. The van der Waals surface area contributed by atoms with Crippen LogP contribution in [0.4, 0.5) is 4.39 Å². The van der Waals surface area contributed by atoms with E-state index in [1.165, 1.54) is 0 Å². The summed E-state index contributed by atoms with van der Waals surface area (Å²) in [4.78, 5) is 0. The molecule has 0 aromatic carbocycles. The quantitative estimate of drug-likeness (QED) is 0.714. The molecular formula is C12H19FO5. The summed E-state index contributed by atoms with van der Waals surface area (Å²) in [6, 6.07) is 0. The average Bonchev–Trinajstić information content (AvgIpc) is 2.81. The summed E-state index contributed by atoms with van der Waals surface area (Å²) >= 11 is 0. The molecule has 6 heteroatoms. The summed E-state index contributed by atoms with van der Waals surface area (Å²) < 4.78 is 42.0. The Bertz CT molecular complexity index is 345. The third-order valence-corrected chi connectivity index (χ3v) is 3.40. The van der Waals surface area contributed by atoms with Crippen LogP contribution in [-0.2, 0) is 23.7 Å². The van der Waals surface area contributed by atoms with E-state index in [1.807, 2.05) is 0 Å². The zero-order valence-corrected chi connectivity index (χ0v) is 11.0. The van der Waals surface area contributed by atoms with Crippen LogP contribution in [0.25, 0.3) is 0 Å². The average molecular weight is 262 g/mol. The Balaban J connectivity index is 1.68. The fourth-order valence-electron chi connectivity index (χ4n) is 2.67. The Kier molecular flexibility index (Phi) is 2.74. The summed E-state index contributed by atoms with van der Waals surface area (Å²) in [6.45, 7) is 7.41. The fourth-order valence-corrected chi connectivity index (χ4v) is 2.67. The minimum atomic E-state index is -1.26. The minimum absolute atomic E-state index is 0.320. The molecule has 1 unspecified atom stereocenters. The van der Waals surface area contributed by atoms with Crippen molar-refractivity contribution in [3.63, 3.8) is 0 Å². The molecule has 0 aromatic rings. The highest BCUT2D eigenvalue weighted by Gasteiger charge is 2.58. The van der Waals surface area contributed by atoms with Crippen LogP contribution in [0.5, 0.6) is 0 Å². The van der Waals surface area contributed by atoms with Crippen molar-refractivity contribution >= 4 is 0 Å². The summed E-state index contributed by atoms with van der Waals surface area (Å²) in [5.41, 5.74) is 0. The van der Waals surface area contributed by atoms with Gasteiger partial charge in [0.2, 0.25) is 0 Å². The lowest BCUT2D eigenvalue weighted by atomic mass is 10.1. The van der Waals surface area contributed by atoms with Gasteiger partial charge in [0.15, 0.2) is 24.0 Å². The summed E-state index contributed by atoms with van der Waals surface area (Å²) in [5, 5.41) is 0. The van der Waals surface area contributed by atoms with E-state index >= 15 is 0 Å². The maximum atomic E-state index is 14.3. The first-order valence-electron chi connectivity index (χ1n) is 6.24. The number of alkyl halides is 1. The molecule has 0 aliphatic carbocycles. The van der Waals surface area contributed by atoms with E-state index in [0.717, 1.165) is 0 Å². The molecule has 3 heterocycles. The van der Waals surface area contributed by atoms with E-state index in [9.17, 15) is 4.39 Å². The van der Waals surface area contributed by atoms with Gasteiger partial charge in [-0.15, -0.1) is 0 Å². The van der Waals surface area contributed by atoms with Crippen molar-refractivity contribution in [2.24, 2.45) is 0 Å². The van der Waals surface area contributed by atoms with Gasteiger partial charge in [-0.1, -0.05) is 0 Å². The normalized spacial score (nSPS) is 49.5. The van der Waals surface area contributed by atoms with Crippen molar-refractivity contribution in [3.8, 4) is 0 Å². The van der Waals surface area contributed by atoms with E-state index < -0.39 is 42.3 Å². The Hall–Kier alpha value is -0.270. The Morgan fingerprint density at radius 3 is 2.22 bits per heavy atom. The molecule has 0 saturated carbocycles. The van der Waals surface area contributed by atoms with Crippen molar-refractivity contribution < 1.29 is 28.1 Å². The first-order chi connectivity index (χ1) is 8.27. The lowest BCUT2D eigenvalue weighted by Crippen LogP contribution is -2.40. The zero-order chi connectivity index (χ0) is 13.1. The third-order valence-electron chi connectivity index (χ3n) is 3.40. The SMILES string of the molecule is CC1(C)O[C@H]2OC([C@H]3COC(C)(C)O3)[C@H](F)[C@H]2O1. The van der Waals surface area contributed by atoms with Gasteiger partial charge >= 0.3 is 0 Å². The fraction of sp³-hybridized carbons (Fsp3) is 1.00. The molecule has 3 aliphatic heterocycles. The van der Waals surface area contributed by atoms with Crippen LogP contribution < -0.4 is 0 Å². The molecule has 3 fully saturated rings. The Labute approximate surface area is 105 Å². The molecule has 5 nitrogen and oxygen atoms in total. The van der Waals surface area contributed by atoms with E-state index in [2.05, 4.69) is 0 Å². The molecule has 3 aliphatic rings. The first-order valence-corrected chi connectivity index (χ1v) is 6.24. The molecule has 18 heavy (non-hydrogen) atoms. The van der Waals surface area contributed by atoms with Gasteiger partial charge in [-0.2, -0.15) is 0 Å². The van der Waals surface area contributed by atoms with Crippen LogP contribution in [0.15, 0.2) is 0 Å². The predicted octanol–water partition coefficient (Wildman–Crippen LogP) is 1.35. The van der Waals surface area contributed by atoms with Crippen molar-refractivity contribution in [2.75, 3.05) is 6.61 Å². The molecular weight excluding hydrogens is 243 g/mol. The van der Waals surface area contributed by atoms with Crippen molar-refractivity contribution in [1.82, 2.24) is 0 Å². The van der Waals surface area contributed by atoms with Gasteiger partial charge in [-0.25, -0.2) is 4.39 Å². The van der Waals surface area contributed by atoms with Gasteiger partial charge in [0, 0.05) is 0 Å². The number of hydrogen-bond acceptors (Lipinski definition) is 5. The summed E-state index contributed by atoms with van der Waals surface area (Å²) in [7, 11) is 0. The number of ether oxygens (including phenoxy) is 5. The molecule has 3 saturated heterocycles. The molecule has 0 spiro atoms. The van der Waals surface area contributed by atoms with Gasteiger partial charge in [0.1, 0.15) is 18.3 Å². The highest BCUT2D eigenvalue weighted by Crippen LogP contribution is 2.41. The second-order valence-electron chi connectivity index (χ2n) is 5.88. The summed E-state index contributed by atoms with van der Waals surface area (Å²) in [5.74, 6) is -1.48. The molecule has 5 atom stereocenters. The largest absolute Gasteiger partial charge is 0.348 e. The van der Waals surface area contributed by atoms with Crippen molar-refractivity contribution in [1.29, 1.82) is 0 Å². The Morgan fingerprint density at radius 2 is 1.67 bits per heavy atom. The standard InChI is InChI=1S/C12H19FO5/c1-11(2)14-5-6(16-11)8-7(13)9-10(15-8)18-12(3,4)17-9/h6-10H,5H2,1-4H3/t6-,7+,8?,9-,10-/m1/s1. The van der Waals surface area contributed by atoms with Crippen LogP contribution in [0.2, 0.25) is 0 Å². The third kappa shape index (κ3) is 2.06. The van der Waals surface area contributed by atoms with Crippen molar-refractivity contribution in [3.05, 3.63) is 0 Å². The number of fused-ring (bicyclic) bond motifs is 1. The van der Waals surface area contributed by atoms with Gasteiger partial charge in [-0.3, -0.25) is 0 Å². The summed E-state index contributed by atoms with van der Waals surface area (Å²) in [6.07, 6.45) is -3.72. The smallest absolute Gasteiger partial charge is 0.190 e. The molecule has 0 N–H and O–H groups in total. The number of halogens is 1. The van der Waals surface area contributed by atoms with E-state index in [1.54, 1.807) is 27.7 Å². The van der Waals surface area contributed by atoms with E-state index in [0.29, 0.717) is 6.61 Å². The van der Waals surface area contributed by atoms with Crippen LogP contribution in [-0.4, -0.2) is 49.0 Å². The van der Waals surface area contributed by atoms with Gasteiger partial charge < -0.3 is 23.7 Å². The highest BCUT2D eigenvalue weighted by molar-refractivity contribution is 4.97. The Morgan fingerprint density at radius 1 is 0.944 bits per heavy atom. The molecule has 3 rings (SSSR count). The van der Waals surface area contributed by atoms with E-state index in [4.69, 9.17) is 23.7 Å². The maximum Gasteiger partial charge on any atom is 0.190 e. The van der Waals surface area contributed by atoms with E-state index in [-0.39, 0.29) is 0 Å². The molecule has 104 valence electrons. The molecule has 0 radical (unpaired) electrons. The second-order valence-corrected chi connectivity index (χ2v) is 5.88. The van der Waals surface area contributed by atoms with Gasteiger partial charge in [-0.05, 0) is 27.7 Å². The number of rotatable bonds is 1. The van der Waals surface area contributed by atoms with Crippen LogP contribution in [0, 0.1) is 0 Å². The lowest BCUT2D eigenvalue weighted by Gasteiger charge is -2.25. The second kappa shape index (κ2) is 3.86. The molecule has 0 amide bonds. The lowest BCUT2D eigenvalue weighted by molar-refractivity contribution is -0.227. The highest BCUT2D eigenvalue weighted by atomic mass is 19.1. The minimum Gasteiger partial charge on any atom is -0.348 e. The van der Waals surface area contributed by atoms with Crippen LogP contribution in [0.1, 0.15) is 27.7 Å². The zero-order valence-electron chi connectivity index (χ0n) is 11.0.